The molecule has 0 fully saturated rings. The lowest BCUT2D eigenvalue weighted by Crippen LogP contribution is -2.40. The van der Waals surface area contributed by atoms with Crippen LogP contribution in [0.4, 0.5) is 0 Å². The summed E-state index contributed by atoms with van der Waals surface area (Å²) in [6, 6.07) is -0.0698. The molecule has 0 bridgehead atoms. The van der Waals surface area contributed by atoms with Gasteiger partial charge in [-0.1, -0.05) is 19.0 Å². The average molecular weight is 255 g/mol. The van der Waals surface area contributed by atoms with Crippen LogP contribution < -0.4 is 11.1 Å². The first-order valence-electron chi connectivity index (χ1n) is 5.95. The van der Waals surface area contributed by atoms with Crippen LogP contribution in [0.25, 0.3) is 0 Å². The summed E-state index contributed by atoms with van der Waals surface area (Å²) < 4.78 is 9.99. The Balaban J connectivity index is 2.62. The van der Waals surface area contributed by atoms with Gasteiger partial charge in [0.15, 0.2) is 11.5 Å². The molecule has 0 aliphatic heterocycles. The molecule has 1 unspecified atom stereocenters. The fourth-order valence-electron chi connectivity index (χ4n) is 1.38. The van der Waals surface area contributed by atoms with Gasteiger partial charge in [-0.2, -0.15) is 0 Å². The summed E-state index contributed by atoms with van der Waals surface area (Å²) in [4.78, 5) is 11.9. The van der Waals surface area contributed by atoms with E-state index in [1.54, 1.807) is 14.0 Å². The molecule has 6 nitrogen and oxygen atoms in total. The summed E-state index contributed by atoms with van der Waals surface area (Å²) in [5.74, 6) is 0.610. The van der Waals surface area contributed by atoms with Crippen molar-refractivity contribution in [1.82, 2.24) is 10.5 Å². The number of carbonyl (C=O) groups is 1. The largest absolute Gasteiger partial charge is 0.377 e. The summed E-state index contributed by atoms with van der Waals surface area (Å²) in [5, 5.41) is 6.50. The normalized spacial score (nSPS) is 12.8. The monoisotopic (exact) mass is 255 g/mol. The van der Waals surface area contributed by atoms with Crippen molar-refractivity contribution in [3.05, 3.63) is 17.0 Å². The van der Waals surface area contributed by atoms with Crippen molar-refractivity contribution < 1.29 is 14.1 Å². The molecule has 3 N–H and O–H groups in total. The van der Waals surface area contributed by atoms with Crippen LogP contribution in [0.2, 0.25) is 0 Å². The lowest BCUT2D eigenvalue weighted by Gasteiger charge is -2.15. The minimum atomic E-state index is -0.269. The van der Waals surface area contributed by atoms with Gasteiger partial charge in [-0.3, -0.25) is 4.79 Å². The number of hydrogen-bond acceptors (Lipinski definition) is 5. The van der Waals surface area contributed by atoms with E-state index in [4.69, 9.17) is 15.0 Å². The zero-order chi connectivity index (χ0) is 13.7. The Labute approximate surface area is 107 Å². The third-order valence-corrected chi connectivity index (χ3v) is 2.87. The second-order valence-corrected chi connectivity index (χ2v) is 4.63. The third-order valence-electron chi connectivity index (χ3n) is 2.87. The predicted molar refractivity (Wildman–Crippen MR) is 67.1 cm³/mol. The Hall–Kier alpha value is -1.40. The number of ether oxygens (including phenoxy) is 1. The lowest BCUT2D eigenvalue weighted by atomic mass is 10.1. The maximum atomic E-state index is 11.9. The van der Waals surface area contributed by atoms with E-state index in [-0.39, 0.29) is 17.6 Å². The van der Waals surface area contributed by atoms with Gasteiger partial charge in [-0.15, -0.1) is 0 Å². The Morgan fingerprint density at radius 1 is 1.56 bits per heavy atom. The topological polar surface area (TPSA) is 90.4 Å². The smallest absolute Gasteiger partial charge is 0.273 e. The van der Waals surface area contributed by atoms with E-state index in [0.717, 1.165) is 0 Å². The lowest BCUT2D eigenvalue weighted by molar-refractivity contribution is 0.0939. The van der Waals surface area contributed by atoms with E-state index in [1.165, 1.54) is 0 Å². The number of methoxy groups -OCH3 is 1. The highest BCUT2D eigenvalue weighted by atomic mass is 16.5. The summed E-state index contributed by atoms with van der Waals surface area (Å²) in [6.45, 7) is 6.52. The van der Waals surface area contributed by atoms with Crippen molar-refractivity contribution in [2.45, 2.75) is 33.4 Å². The van der Waals surface area contributed by atoms with Gasteiger partial charge in [-0.05, 0) is 12.8 Å². The molecular weight excluding hydrogens is 234 g/mol. The Morgan fingerprint density at radius 3 is 2.78 bits per heavy atom. The molecular formula is C12H21N3O3. The second-order valence-electron chi connectivity index (χ2n) is 4.63. The van der Waals surface area contributed by atoms with Crippen molar-refractivity contribution >= 4 is 5.91 Å². The SMILES string of the molecule is COCc1onc(C(=O)NCC(N)C(C)C)c1C. The first-order valence-corrected chi connectivity index (χ1v) is 5.95. The molecule has 1 aromatic rings. The van der Waals surface area contributed by atoms with Crippen LogP contribution >= 0.6 is 0 Å². The summed E-state index contributed by atoms with van der Waals surface area (Å²) in [5.41, 5.74) is 6.85. The number of carbonyl (C=O) groups excluding carboxylic acids is 1. The Bertz CT molecular complexity index is 401. The van der Waals surface area contributed by atoms with E-state index in [2.05, 4.69) is 10.5 Å². The molecule has 102 valence electrons. The third kappa shape index (κ3) is 3.54. The van der Waals surface area contributed by atoms with Gasteiger partial charge in [-0.25, -0.2) is 0 Å². The van der Waals surface area contributed by atoms with E-state index >= 15 is 0 Å². The second kappa shape index (κ2) is 6.51. The Morgan fingerprint density at radius 2 is 2.22 bits per heavy atom. The van der Waals surface area contributed by atoms with Crippen molar-refractivity contribution in [3.63, 3.8) is 0 Å². The number of nitrogens with one attached hydrogen (secondary N) is 1. The summed E-state index contributed by atoms with van der Waals surface area (Å²) in [6.07, 6.45) is 0. The number of rotatable bonds is 6. The predicted octanol–water partition coefficient (Wildman–Crippen LogP) is 0.843. The minimum absolute atomic E-state index is 0.0698. The molecule has 1 amide bonds. The number of nitrogens with two attached hydrogens (primary N) is 1. The summed E-state index contributed by atoms with van der Waals surface area (Å²) >= 11 is 0. The zero-order valence-corrected chi connectivity index (χ0v) is 11.3. The van der Waals surface area contributed by atoms with Gasteiger partial charge in [0.25, 0.3) is 5.91 Å². The molecule has 1 heterocycles. The molecule has 1 aromatic heterocycles. The number of amides is 1. The van der Waals surface area contributed by atoms with Gasteiger partial charge in [0.2, 0.25) is 0 Å². The first-order chi connectivity index (χ1) is 8.47. The number of nitrogens with zero attached hydrogens (tertiary/aromatic N) is 1. The summed E-state index contributed by atoms with van der Waals surface area (Å²) in [7, 11) is 1.56. The van der Waals surface area contributed by atoms with E-state index < -0.39 is 0 Å². The van der Waals surface area contributed by atoms with E-state index in [9.17, 15) is 4.79 Å². The van der Waals surface area contributed by atoms with E-state index in [0.29, 0.717) is 30.4 Å². The van der Waals surface area contributed by atoms with Crippen LogP contribution in [0.1, 0.15) is 35.7 Å². The highest BCUT2D eigenvalue weighted by molar-refractivity contribution is 5.93. The van der Waals surface area contributed by atoms with Crippen LogP contribution in [-0.2, 0) is 11.3 Å². The molecule has 0 radical (unpaired) electrons. The Kier molecular flexibility index (Phi) is 5.30. The van der Waals surface area contributed by atoms with Gasteiger partial charge in [0.05, 0.1) is 0 Å². The van der Waals surface area contributed by atoms with Crippen molar-refractivity contribution in [3.8, 4) is 0 Å². The molecule has 1 atom stereocenters. The van der Waals surface area contributed by atoms with Crippen LogP contribution in [0.15, 0.2) is 4.52 Å². The van der Waals surface area contributed by atoms with Gasteiger partial charge in [0.1, 0.15) is 6.61 Å². The van der Waals surface area contributed by atoms with Crippen LogP contribution in [0.3, 0.4) is 0 Å². The van der Waals surface area contributed by atoms with Crippen molar-refractivity contribution in [1.29, 1.82) is 0 Å². The van der Waals surface area contributed by atoms with Crippen molar-refractivity contribution in [2.24, 2.45) is 11.7 Å². The fraction of sp³-hybridized carbons (Fsp3) is 0.667. The maximum absolute atomic E-state index is 11.9. The highest BCUT2D eigenvalue weighted by Crippen LogP contribution is 2.13. The standard InChI is InChI=1S/C12H21N3O3/c1-7(2)9(13)5-14-12(16)11-8(3)10(6-17-4)18-15-11/h7,9H,5-6,13H2,1-4H3,(H,14,16). The molecule has 0 aliphatic rings. The van der Waals surface area contributed by atoms with Crippen LogP contribution in [-0.4, -0.2) is 30.8 Å². The van der Waals surface area contributed by atoms with Crippen molar-refractivity contribution in [2.75, 3.05) is 13.7 Å². The molecule has 0 spiro atoms. The molecule has 0 saturated heterocycles. The molecule has 0 aromatic carbocycles. The molecule has 18 heavy (non-hydrogen) atoms. The zero-order valence-electron chi connectivity index (χ0n) is 11.3. The van der Waals surface area contributed by atoms with Gasteiger partial charge in [0, 0.05) is 25.3 Å². The molecule has 0 aliphatic carbocycles. The quantitative estimate of drug-likeness (QED) is 0.786. The fourth-order valence-corrected chi connectivity index (χ4v) is 1.38. The first kappa shape index (κ1) is 14.7. The van der Waals surface area contributed by atoms with Crippen LogP contribution in [0, 0.1) is 12.8 Å². The van der Waals surface area contributed by atoms with Crippen LogP contribution in [0.5, 0.6) is 0 Å². The maximum Gasteiger partial charge on any atom is 0.273 e. The molecule has 6 heteroatoms. The number of aromatic nitrogens is 1. The molecule has 0 saturated carbocycles. The van der Waals surface area contributed by atoms with E-state index in [1.807, 2.05) is 13.8 Å². The van der Waals surface area contributed by atoms with Gasteiger partial charge < -0.3 is 20.3 Å². The highest BCUT2D eigenvalue weighted by Gasteiger charge is 2.19. The minimum Gasteiger partial charge on any atom is -0.377 e. The average Bonchev–Trinajstić information content (AvgIpc) is 2.68. The number of hydrogen-bond donors (Lipinski definition) is 2. The molecule has 1 rings (SSSR count). The van der Waals surface area contributed by atoms with Gasteiger partial charge >= 0.3 is 0 Å².